The van der Waals surface area contributed by atoms with E-state index in [1.165, 1.54) is 16.7 Å². The lowest BCUT2D eigenvalue weighted by Gasteiger charge is -2.38. The minimum atomic E-state index is -0.542. The Bertz CT molecular complexity index is 634. The number of carbonyl (C=O) groups is 1. The lowest BCUT2D eigenvalue weighted by atomic mass is 9.73. The van der Waals surface area contributed by atoms with E-state index >= 15 is 0 Å². The number of alkyl halides is 1. The molecule has 0 spiro atoms. The topological polar surface area (TPSA) is 20.3 Å². The highest BCUT2D eigenvalue weighted by Crippen LogP contribution is 2.43. The van der Waals surface area contributed by atoms with E-state index in [0.717, 1.165) is 12.1 Å². The first-order valence-electron chi connectivity index (χ1n) is 10.2. The van der Waals surface area contributed by atoms with Crippen molar-refractivity contribution < 1.29 is 4.79 Å². The molecule has 0 fully saturated rings. The van der Waals surface area contributed by atoms with Gasteiger partial charge in [-0.15, -0.1) is 11.6 Å². The Morgan fingerprint density at radius 1 is 0.926 bits per heavy atom. The zero-order valence-corrected chi connectivity index (χ0v) is 20.1. The molecule has 0 aliphatic rings. The van der Waals surface area contributed by atoms with Gasteiger partial charge in [-0.25, -0.2) is 0 Å². The first-order chi connectivity index (χ1) is 12.0. The van der Waals surface area contributed by atoms with Gasteiger partial charge in [-0.3, -0.25) is 4.79 Å². The lowest BCUT2D eigenvalue weighted by molar-refractivity contribution is -0.118. The van der Waals surface area contributed by atoms with Crippen molar-refractivity contribution in [3.05, 3.63) is 28.8 Å². The third-order valence-electron chi connectivity index (χ3n) is 4.92. The molecular formula is C24H40ClNO. The van der Waals surface area contributed by atoms with Crippen LogP contribution in [0.15, 0.2) is 12.1 Å². The predicted octanol–water partition coefficient (Wildman–Crippen LogP) is 6.95. The van der Waals surface area contributed by atoms with Crippen molar-refractivity contribution in [2.24, 2.45) is 0 Å². The van der Waals surface area contributed by atoms with Gasteiger partial charge in [-0.1, -0.05) is 81.4 Å². The third kappa shape index (κ3) is 5.73. The zero-order valence-electron chi connectivity index (χ0n) is 19.4. The van der Waals surface area contributed by atoms with Crippen LogP contribution in [-0.4, -0.2) is 17.8 Å². The molecule has 1 aromatic rings. The number of rotatable bonds is 4. The summed E-state index contributed by atoms with van der Waals surface area (Å²) in [6.45, 7) is 24.6. The molecule has 0 saturated heterocycles. The van der Waals surface area contributed by atoms with Crippen molar-refractivity contribution in [2.75, 3.05) is 11.4 Å². The average molecular weight is 394 g/mol. The summed E-state index contributed by atoms with van der Waals surface area (Å²) in [5, 5.41) is -0.542. The molecule has 1 rings (SSSR count). The maximum atomic E-state index is 13.1. The molecule has 0 aliphatic heterocycles. The van der Waals surface area contributed by atoms with E-state index in [-0.39, 0.29) is 22.2 Å². The fourth-order valence-corrected chi connectivity index (χ4v) is 3.39. The van der Waals surface area contributed by atoms with Crippen LogP contribution in [0, 0.1) is 0 Å². The zero-order chi connectivity index (χ0) is 21.4. The minimum absolute atomic E-state index is 0.0157. The molecule has 0 aromatic heterocycles. The monoisotopic (exact) mass is 393 g/mol. The molecule has 1 amide bonds. The lowest BCUT2D eigenvalue weighted by Crippen LogP contribution is -2.40. The molecule has 154 valence electrons. The quantitative estimate of drug-likeness (QED) is 0.506. The van der Waals surface area contributed by atoms with Gasteiger partial charge in [0.15, 0.2) is 0 Å². The molecule has 0 saturated carbocycles. The molecular weight excluding hydrogens is 354 g/mol. The van der Waals surface area contributed by atoms with Crippen LogP contribution in [0.4, 0.5) is 5.69 Å². The second-order valence-electron chi connectivity index (χ2n) is 10.8. The highest BCUT2D eigenvalue weighted by molar-refractivity contribution is 6.32. The van der Waals surface area contributed by atoms with Crippen LogP contribution in [0.2, 0.25) is 0 Å². The second kappa shape index (κ2) is 8.15. The molecule has 3 heteroatoms. The first kappa shape index (κ1) is 24.0. The van der Waals surface area contributed by atoms with Gasteiger partial charge in [0.2, 0.25) is 5.91 Å². The van der Waals surface area contributed by atoms with E-state index in [0.29, 0.717) is 6.54 Å². The van der Waals surface area contributed by atoms with Crippen LogP contribution < -0.4 is 4.90 Å². The van der Waals surface area contributed by atoms with Gasteiger partial charge < -0.3 is 4.90 Å². The number of hydrogen-bond acceptors (Lipinski definition) is 1. The van der Waals surface area contributed by atoms with Crippen LogP contribution in [0.3, 0.4) is 0 Å². The Balaban J connectivity index is 4.01. The van der Waals surface area contributed by atoms with Crippen molar-refractivity contribution in [2.45, 2.75) is 104 Å². The van der Waals surface area contributed by atoms with Crippen molar-refractivity contribution in [3.8, 4) is 0 Å². The standard InChI is InChI=1S/C24H40ClNO/c1-12-13-26(21(27)16(2)25)20-18(23(6,7)8)14-17(22(3,4)5)15-19(20)24(9,10)11/h14-16H,12-13H2,1-11H3. The first-order valence-corrected chi connectivity index (χ1v) is 10.6. The van der Waals surface area contributed by atoms with Gasteiger partial charge in [0.1, 0.15) is 5.38 Å². The Hall–Kier alpha value is -1.02. The van der Waals surface area contributed by atoms with Gasteiger partial charge >= 0.3 is 0 Å². The van der Waals surface area contributed by atoms with Gasteiger partial charge in [0.25, 0.3) is 0 Å². The van der Waals surface area contributed by atoms with E-state index in [9.17, 15) is 4.79 Å². The molecule has 1 unspecified atom stereocenters. The SMILES string of the molecule is CCCN(C(=O)C(C)Cl)c1c(C(C)(C)C)cc(C(C)(C)C)cc1C(C)(C)C. The highest BCUT2D eigenvalue weighted by Gasteiger charge is 2.34. The Kier molecular flexibility index (Phi) is 7.25. The number of halogens is 1. The number of benzene rings is 1. The molecule has 0 heterocycles. The highest BCUT2D eigenvalue weighted by atomic mass is 35.5. The summed E-state index contributed by atoms with van der Waals surface area (Å²) >= 11 is 6.25. The van der Waals surface area contributed by atoms with E-state index < -0.39 is 5.38 Å². The molecule has 2 nitrogen and oxygen atoms in total. The largest absolute Gasteiger partial charge is 0.311 e. The number of amides is 1. The van der Waals surface area contributed by atoms with Gasteiger partial charge in [-0.2, -0.15) is 0 Å². The molecule has 1 aromatic carbocycles. The van der Waals surface area contributed by atoms with E-state index in [4.69, 9.17) is 11.6 Å². The summed E-state index contributed by atoms with van der Waals surface area (Å²) in [4.78, 5) is 15.0. The van der Waals surface area contributed by atoms with Crippen LogP contribution in [0.1, 0.15) is 99.3 Å². The van der Waals surface area contributed by atoms with E-state index in [2.05, 4.69) is 81.4 Å². The summed E-state index contributed by atoms with van der Waals surface area (Å²) in [6, 6.07) is 4.61. The maximum Gasteiger partial charge on any atom is 0.244 e. The third-order valence-corrected chi connectivity index (χ3v) is 5.10. The summed E-state index contributed by atoms with van der Waals surface area (Å²) in [7, 11) is 0. The van der Waals surface area contributed by atoms with Gasteiger partial charge in [-0.05, 0) is 46.3 Å². The molecule has 0 radical (unpaired) electrons. The second-order valence-corrected chi connectivity index (χ2v) is 11.4. The fraction of sp³-hybridized carbons (Fsp3) is 0.708. The number of carbonyl (C=O) groups excluding carboxylic acids is 1. The summed E-state index contributed by atoms with van der Waals surface area (Å²) in [5.74, 6) is -0.0157. The van der Waals surface area contributed by atoms with E-state index in [1.54, 1.807) is 6.92 Å². The van der Waals surface area contributed by atoms with Gasteiger partial charge in [0, 0.05) is 6.54 Å². The molecule has 1 atom stereocenters. The van der Waals surface area contributed by atoms with Crippen LogP contribution in [-0.2, 0) is 21.0 Å². The van der Waals surface area contributed by atoms with Crippen LogP contribution >= 0.6 is 11.6 Å². The Labute approximate surface area is 172 Å². The number of hydrogen-bond donors (Lipinski definition) is 0. The van der Waals surface area contributed by atoms with E-state index in [1.807, 2.05) is 4.90 Å². The molecule has 27 heavy (non-hydrogen) atoms. The molecule has 0 N–H and O–H groups in total. The smallest absolute Gasteiger partial charge is 0.244 e. The van der Waals surface area contributed by atoms with Crippen molar-refractivity contribution in [1.29, 1.82) is 0 Å². The van der Waals surface area contributed by atoms with Crippen molar-refractivity contribution in [1.82, 2.24) is 0 Å². The summed E-state index contributed by atoms with van der Waals surface area (Å²) < 4.78 is 0. The van der Waals surface area contributed by atoms with Crippen LogP contribution in [0.5, 0.6) is 0 Å². The minimum Gasteiger partial charge on any atom is -0.311 e. The average Bonchev–Trinajstić information content (AvgIpc) is 2.48. The normalized spacial score (nSPS) is 14.2. The summed E-state index contributed by atoms with van der Waals surface area (Å²) in [6.07, 6.45) is 0.892. The Morgan fingerprint density at radius 3 is 1.59 bits per heavy atom. The number of nitrogens with zero attached hydrogens (tertiary/aromatic N) is 1. The maximum absolute atomic E-state index is 13.1. The molecule has 0 aliphatic carbocycles. The fourth-order valence-electron chi connectivity index (χ4n) is 3.27. The molecule has 0 bridgehead atoms. The van der Waals surface area contributed by atoms with Crippen molar-refractivity contribution in [3.63, 3.8) is 0 Å². The van der Waals surface area contributed by atoms with Gasteiger partial charge in [0.05, 0.1) is 5.69 Å². The van der Waals surface area contributed by atoms with Crippen molar-refractivity contribution >= 4 is 23.2 Å². The van der Waals surface area contributed by atoms with Crippen LogP contribution in [0.25, 0.3) is 0 Å². The number of anilines is 1. The Morgan fingerprint density at radius 2 is 1.33 bits per heavy atom. The summed E-state index contributed by atoms with van der Waals surface area (Å²) in [5.41, 5.74) is 4.68. The predicted molar refractivity (Wildman–Crippen MR) is 121 cm³/mol.